The monoisotopic (exact) mass is 249 g/mol. The summed E-state index contributed by atoms with van der Waals surface area (Å²) in [6, 6.07) is 4.50. The fourth-order valence-electron chi connectivity index (χ4n) is 1.99. The highest BCUT2D eigenvalue weighted by molar-refractivity contribution is 7.80. The van der Waals surface area contributed by atoms with Gasteiger partial charge in [-0.25, -0.2) is 4.98 Å². The van der Waals surface area contributed by atoms with Crippen molar-refractivity contribution in [2.75, 3.05) is 11.4 Å². The zero-order valence-electron chi connectivity index (χ0n) is 10.2. The van der Waals surface area contributed by atoms with Crippen LogP contribution in [-0.4, -0.2) is 22.6 Å². The molecule has 2 N–H and O–H groups in total. The Labute approximate surface area is 108 Å². The Balaban J connectivity index is 2.25. The Morgan fingerprint density at radius 3 is 2.94 bits per heavy atom. The van der Waals surface area contributed by atoms with Crippen LogP contribution in [0.2, 0.25) is 0 Å². The summed E-state index contributed by atoms with van der Waals surface area (Å²) >= 11 is 5.10. The average Bonchev–Trinajstić information content (AvgIpc) is 3.14. The number of unbranched alkanes of at least 4 members (excludes halogenated alkanes) is 1. The van der Waals surface area contributed by atoms with Gasteiger partial charge in [0.05, 0.1) is 5.56 Å². The molecule has 0 radical (unpaired) electrons. The Morgan fingerprint density at radius 2 is 2.35 bits per heavy atom. The van der Waals surface area contributed by atoms with E-state index in [0.717, 1.165) is 17.9 Å². The van der Waals surface area contributed by atoms with Crippen LogP contribution >= 0.6 is 12.2 Å². The molecule has 0 bridgehead atoms. The van der Waals surface area contributed by atoms with Crippen LogP contribution in [-0.2, 0) is 0 Å². The molecule has 0 aromatic carbocycles. The molecule has 17 heavy (non-hydrogen) atoms. The summed E-state index contributed by atoms with van der Waals surface area (Å²) in [5, 5.41) is 0. The molecule has 1 aliphatic rings. The number of hydrogen-bond donors (Lipinski definition) is 1. The van der Waals surface area contributed by atoms with Crippen LogP contribution in [0.3, 0.4) is 0 Å². The molecule has 0 atom stereocenters. The molecule has 1 aromatic heterocycles. The minimum absolute atomic E-state index is 0.440. The van der Waals surface area contributed by atoms with Crippen LogP contribution in [0.5, 0.6) is 0 Å². The lowest BCUT2D eigenvalue weighted by molar-refractivity contribution is 0.704. The molecule has 2 rings (SSSR count). The molecule has 92 valence electrons. The van der Waals surface area contributed by atoms with E-state index < -0.39 is 0 Å². The van der Waals surface area contributed by atoms with Gasteiger partial charge >= 0.3 is 0 Å². The van der Waals surface area contributed by atoms with Gasteiger partial charge in [-0.1, -0.05) is 25.6 Å². The number of hydrogen-bond acceptors (Lipinski definition) is 3. The van der Waals surface area contributed by atoms with Crippen LogP contribution in [0.25, 0.3) is 0 Å². The molecule has 3 nitrogen and oxygen atoms in total. The first-order valence-corrected chi connectivity index (χ1v) is 6.66. The second-order valence-electron chi connectivity index (χ2n) is 4.52. The summed E-state index contributed by atoms with van der Waals surface area (Å²) in [6.07, 6.45) is 6.72. The van der Waals surface area contributed by atoms with Crippen molar-refractivity contribution in [3.8, 4) is 0 Å². The molecular formula is C13H19N3S. The first kappa shape index (κ1) is 12.3. The van der Waals surface area contributed by atoms with Crippen LogP contribution in [0.15, 0.2) is 18.3 Å². The standard InChI is InChI=1S/C13H19N3S/c1-2-3-9-16(10-6-7-10)13-11(12(14)17)5-4-8-15-13/h4-5,8,10H,2-3,6-7,9H2,1H3,(H2,14,17). The van der Waals surface area contributed by atoms with Crippen LogP contribution in [0.4, 0.5) is 5.82 Å². The van der Waals surface area contributed by atoms with E-state index in [0.29, 0.717) is 11.0 Å². The molecule has 1 heterocycles. The maximum Gasteiger partial charge on any atom is 0.139 e. The van der Waals surface area contributed by atoms with Gasteiger partial charge in [0.2, 0.25) is 0 Å². The van der Waals surface area contributed by atoms with Gasteiger partial charge in [-0.15, -0.1) is 0 Å². The summed E-state index contributed by atoms with van der Waals surface area (Å²) in [7, 11) is 0. The summed E-state index contributed by atoms with van der Waals surface area (Å²) in [5.41, 5.74) is 6.67. The second-order valence-corrected chi connectivity index (χ2v) is 4.96. The zero-order valence-corrected chi connectivity index (χ0v) is 11.0. The minimum Gasteiger partial charge on any atom is -0.389 e. The van der Waals surface area contributed by atoms with Gasteiger partial charge in [-0.3, -0.25) is 0 Å². The van der Waals surface area contributed by atoms with Gasteiger partial charge in [0.15, 0.2) is 0 Å². The molecule has 4 heteroatoms. The fourth-order valence-corrected chi connectivity index (χ4v) is 2.15. The van der Waals surface area contributed by atoms with Crippen LogP contribution < -0.4 is 10.6 Å². The van der Waals surface area contributed by atoms with Gasteiger partial charge in [0.1, 0.15) is 10.8 Å². The quantitative estimate of drug-likeness (QED) is 0.787. The van der Waals surface area contributed by atoms with Gasteiger partial charge in [-0.05, 0) is 31.4 Å². The van der Waals surface area contributed by atoms with Gasteiger partial charge in [-0.2, -0.15) is 0 Å². The number of anilines is 1. The largest absolute Gasteiger partial charge is 0.389 e. The molecular weight excluding hydrogens is 230 g/mol. The molecule has 0 saturated heterocycles. The van der Waals surface area contributed by atoms with Crippen molar-refractivity contribution in [2.24, 2.45) is 5.73 Å². The van der Waals surface area contributed by atoms with E-state index in [1.54, 1.807) is 0 Å². The van der Waals surface area contributed by atoms with Gasteiger partial charge < -0.3 is 10.6 Å². The number of rotatable bonds is 6. The summed E-state index contributed by atoms with van der Waals surface area (Å²) in [4.78, 5) is 7.29. The number of nitrogens with two attached hydrogens (primary N) is 1. The molecule has 1 aromatic rings. The van der Waals surface area contributed by atoms with Crippen molar-refractivity contribution in [1.29, 1.82) is 0 Å². The lowest BCUT2D eigenvalue weighted by Crippen LogP contribution is -2.30. The van der Waals surface area contributed by atoms with Crippen LogP contribution in [0, 0.1) is 0 Å². The topological polar surface area (TPSA) is 42.2 Å². The molecule has 1 aliphatic carbocycles. The molecule has 0 unspecified atom stereocenters. The third-order valence-electron chi connectivity index (χ3n) is 3.06. The third-order valence-corrected chi connectivity index (χ3v) is 3.28. The highest BCUT2D eigenvalue weighted by atomic mass is 32.1. The third kappa shape index (κ3) is 2.94. The van der Waals surface area contributed by atoms with Crippen molar-refractivity contribution in [3.63, 3.8) is 0 Å². The predicted molar refractivity (Wildman–Crippen MR) is 75.4 cm³/mol. The van der Waals surface area contributed by atoms with Gasteiger partial charge in [0, 0.05) is 18.8 Å². The van der Waals surface area contributed by atoms with Crippen molar-refractivity contribution in [1.82, 2.24) is 4.98 Å². The molecule has 1 fully saturated rings. The van der Waals surface area contributed by atoms with E-state index in [2.05, 4.69) is 16.8 Å². The van der Waals surface area contributed by atoms with Crippen molar-refractivity contribution < 1.29 is 0 Å². The average molecular weight is 249 g/mol. The maximum atomic E-state index is 5.77. The van der Waals surface area contributed by atoms with Crippen molar-refractivity contribution >= 4 is 23.0 Å². The first-order chi connectivity index (χ1) is 8.24. The number of pyridine rings is 1. The van der Waals surface area contributed by atoms with Crippen LogP contribution in [0.1, 0.15) is 38.2 Å². The molecule has 0 amide bonds. The molecule has 0 aliphatic heterocycles. The molecule has 0 spiro atoms. The Kier molecular flexibility index (Phi) is 3.94. The number of nitrogens with zero attached hydrogens (tertiary/aromatic N) is 2. The van der Waals surface area contributed by atoms with E-state index in [9.17, 15) is 0 Å². The predicted octanol–water partition coefficient (Wildman–Crippen LogP) is 2.48. The van der Waals surface area contributed by atoms with E-state index in [1.165, 1.54) is 25.7 Å². The number of thiocarbonyl (C=S) groups is 1. The number of aromatic nitrogens is 1. The molecule has 1 saturated carbocycles. The van der Waals surface area contributed by atoms with E-state index in [-0.39, 0.29) is 0 Å². The summed E-state index contributed by atoms with van der Waals surface area (Å²) in [6.45, 7) is 3.26. The Morgan fingerprint density at radius 1 is 1.59 bits per heavy atom. The van der Waals surface area contributed by atoms with Crippen molar-refractivity contribution in [3.05, 3.63) is 23.9 Å². The van der Waals surface area contributed by atoms with E-state index in [1.807, 2.05) is 18.3 Å². The highest BCUT2D eigenvalue weighted by Gasteiger charge is 2.30. The van der Waals surface area contributed by atoms with Crippen molar-refractivity contribution in [2.45, 2.75) is 38.6 Å². The highest BCUT2D eigenvalue weighted by Crippen LogP contribution is 2.32. The Bertz CT molecular complexity index is 401. The zero-order chi connectivity index (χ0) is 12.3. The second kappa shape index (κ2) is 5.45. The fraction of sp³-hybridized carbons (Fsp3) is 0.538. The minimum atomic E-state index is 0.440. The van der Waals surface area contributed by atoms with E-state index >= 15 is 0 Å². The smallest absolute Gasteiger partial charge is 0.139 e. The normalized spacial score (nSPS) is 14.6. The lowest BCUT2D eigenvalue weighted by Gasteiger charge is -2.25. The first-order valence-electron chi connectivity index (χ1n) is 6.25. The SMILES string of the molecule is CCCCN(c1ncccc1C(N)=S)C1CC1. The lowest BCUT2D eigenvalue weighted by atomic mass is 10.2. The summed E-state index contributed by atoms with van der Waals surface area (Å²) in [5.74, 6) is 0.968. The van der Waals surface area contributed by atoms with Gasteiger partial charge in [0.25, 0.3) is 0 Å². The van der Waals surface area contributed by atoms with E-state index in [4.69, 9.17) is 18.0 Å². The Hall–Kier alpha value is -1.16. The maximum absolute atomic E-state index is 5.77. The summed E-state index contributed by atoms with van der Waals surface area (Å²) < 4.78 is 0.